The minimum Gasteiger partial charge on any atom is -0.481 e. The zero-order valence-corrected chi connectivity index (χ0v) is 12.4. The summed E-state index contributed by atoms with van der Waals surface area (Å²) in [6.07, 6.45) is -0.950. The number of carboxylic acids is 3. The van der Waals surface area contributed by atoms with Crippen molar-refractivity contribution < 1.29 is 54.6 Å². The molecule has 0 rings (SSSR count). The van der Waals surface area contributed by atoms with E-state index in [4.69, 9.17) is 45.0 Å². The topological polar surface area (TPSA) is 199 Å². The van der Waals surface area contributed by atoms with Crippen LogP contribution in [0.15, 0.2) is 0 Å². The van der Waals surface area contributed by atoms with Gasteiger partial charge in [0.2, 0.25) is 0 Å². The molecule has 0 bridgehead atoms. The van der Waals surface area contributed by atoms with Crippen molar-refractivity contribution in [1.82, 2.24) is 0 Å². The van der Waals surface area contributed by atoms with Gasteiger partial charge in [0.15, 0.2) is 0 Å². The Morgan fingerprint density at radius 2 is 1.18 bits per heavy atom. The first-order valence-corrected chi connectivity index (χ1v) is 5.54. The normalized spacial score (nSPS) is 9.18. The first kappa shape index (κ1) is 28.0. The predicted molar refractivity (Wildman–Crippen MR) is 71.1 cm³/mol. The van der Waals surface area contributed by atoms with Crippen molar-refractivity contribution in [2.24, 2.45) is 0 Å². The van der Waals surface area contributed by atoms with Gasteiger partial charge in [-0.2, -0.15) is 0 Å². The molecule has 0 aromatic carbocycles. The summed E-state index contributed by atoms with van der Waals surface area (Å²) in [5.41, 5.74) is 0. The molecule has 0 spiro atoms. The number of esters is 1. The number of carbonyl (C=O) groups is 4. The minimum atomic E-state index is -1.19. The number of carbonyl (C=O) groups excluding carboxylic acids is 1. The lowest BCUT2D eigenvalue weighted by Gasteiger charge is -2.05. The van der Waals surface area contributed by atoms with Crippen LogP contribution in [0.4, 0.5) is 0 Å². The molecule has 11 nitrogen and oxygen atoms in total. The van der Waals surface area contributed by atoms with Crippen molar-refractivity contribution >= 4 is 23.9 Å². The lowest BCUT2D eigenvalue weighted by Crippen LogP contribution is -2.20. The SMILES string of the molecule is CC(=O)O.CC(=O)O.CC(=O)OCC(O)CO.O=C(O)CO. The Morgan fingerprint density at radius 1 is 0.909 bits per heavy atom. The van der Waals surface area contributed by atoms with Crippen LogP contribution < -0.4 is 0 Å². The lowest BCUT2D eigenvalue weighted by molar-refractivity contribution is -0.144. The van der Waals surface area contributed by atoms with Gasteiger partial charge < -0.3 is 35.4 Å². The van der Waals surface area contributed by atoms with E-state index in [-0.39, 0.29) is 13.2 Å². The highest BCUT2D eigenvalue weighted by Crippen LogP contribution is 1.82. The van der Waals surface area contributed by atoms with Crippen molar-refractivity contribution in [2.45, 2.75) is 26.9 Å². The van der Waals surface area contributed by atoms with Crippen molar-refractivity contribution in [3.63, 3.8) is 0 Å². The molecule has 0 aromatic rings. The maximum Gasteiger partial charge on any atom is 0.329 e. The molecule has 1 atom stereocenters. The molecule has 0 aliphatic carbocycles. The van der Waals surface area contributed by atoms with Crippen LogP contribution in [0, 0.1) is 0 Å². The second-order valence-corrected chi connectivity index (χ2v) is 3.23. The standard InChI is InChI=1S/C5H10O4.C2H4O3.2C2H4O2/c1-4(7)9-3-5(8)2-6;3-1-2(4)5;2*1-2(3)4/h5-6,8H,2-3H2,1H3;3H,1H2,(H,4,5);2*1H3,(H,3,4). The largest absolute Gasteiger partial charge is 0.481 e. The molecule has 0 aromatic heterocycles. The third kappa shape index (κ3) is 109. The number of rotatable bonds is 4. The van der Waals surface area contributed by atoms with E-state index in [1.165, 1.54) is 6.92 Å². The van der Waals surface area contributed by atoms with Gasteiger partial charge in [0.1, 0.15) is 19.3 Å². The Labute approximate surface area is 126 Å². The number of aliphatic carboxylic acids is 3. The van der Waals surface area contributed by atoms with Crippen LogP contribution in [-0.4, -0.2) is 80.4 Å². The average Bonchev–Trinajstić information content (AvgIpc) is 2.35. The molecule has 132 valence electrons. The highest BCUT2D eigenvalue weighted by atomic mass is 16.5. The summed E-state index contributed by atoms with van der Waals surface area (Å²) in [5, 5.41) is 46.6. The van der Waals surface area contributed by atoms with Crippen LogP contribution in [0.2, 0.25) is 0 Å². The van der Waals surface area contributed by atoms with Gasteiger partial charge in [-0.15, -0.1) is 0 Å². The predicted octanol–water partition coefficient (Wildman–Crippen LogP) is -1.85. The van der Waals surface area contributed by atoms with Gasteiger partial charge >= 0.3 is 11.9 Å². The maximum absolute atomic E-state index is 10.0. The number of carboxylic acid groups (broad SMARTS) is 3. The molecule has 0 radical (unpaired) electrons. The summed E-state index contributed by atoms with van der Waals surface area (Å²) in [5.74, 6) is -3.31. The zero-order chi connectivity index (χ0) is 18.7. The smallest absolute Gasteiger partial charge is 0.329 e. The number of aliphatic hydroxyl groups is 3. The first-order chi connectivity index (χ1) is 9.90. The molecule has 0 saturated heterocycles. The minimum absolute atomic E-state index is 0.133. The number of ether oxygens (including phenoxy) is 1. The molecular weight excluding hydrogens is 308 g/mol. The van der Waals surface area contributed by atoms with Gasteiger partial charge in [-0.05, 0) is 0 Å². The van der Waals surface area contributed by atoms with Crippen molar-refractivity contribution in [3.8, 4) is 0 Å². The summed E-state index contributed by atoms with van der Waals surface area (Å²) >= 11 is 0. The van der Waals surface area contributed by atoms with Crippen LogP contribution in [0.1, 0.15) is 20.8 Å². The fraction of sp³-hybridized carbons (Fsp3) is 0.636. The van der Waals surface area contributed by atoms with Crippen LogP contribution in [0.5, 0.6) is 0 Å². The Hall–Kier alpha value is -2.24. The van der Waals surface area contributed by atoms with E-state index >= 15 is 0 Å². The fourth-order valence-corrected chi connectivity index (χ4v) is 0.266. The molecule has 1 unspecified atom stereocenters. The molecule has 0 heterocycles. The van der Waals surface area contributed by atoms with Crippen molar-refractivity contribution in [3.05, 3.63) is 0 Å². The van der Waals surface area contributed by atoms with E-state index in [1.54, 1.807) is 0 Å². The van der Waals surface area contributed by atoms with Crippen LogP contribution in [0.25, 0.3) is 0 Å². The molecular formula is C11H22O11. The average molecular weight is 330 g/mol. The number of hydrogen-bond acceptors (Lipinski definition) is 8. The van der Waals surface area contributed by atoms with Crippen LogP contribution in [-0.2, 0) is 23.9 Å². The van der Waals surface area contributed by atoms with E-state index in [0.717, 1.165) is 13.8 Å². The molecule has 0 amide bonds. The summed E-state index contributed by atoms with van der Waals surface area (Å²) < 4.78 is 4.35. The molecule has 0 fully saturated rings. The lowest BCUT2D eigenvalue weighted by atomic mass is 10.4. The molecule has 0 aliphatic rings. The van der Waals surface area contributed by atoms with Crippen molar-refractivity contribution in [2.75, 3.05) is 19.8 Å². The Balaban J connectivity index is -0.000000107. The summed E-state index contributed by atoms with van der Waals surface area (Å²) in [6.45, 7) is 2.11. The molecule has 11 heteroatoms. The van der Waals surface area contributed by atoms with Crippen LogP contribution >= 0.6 is 0 Å². The van der Waals surface area contributed by atoms with Gasteiger partial charge in [0.25, 0.3) is 11.9 Å². The van der Waals surface area contributed by atoms with E-state index in [0.29, 0.717) is 0 Å². The summed E-state index contributed by atoms with van der Waals surface area (Å²) in [6, 6.07) is 0. The van der Waals surface area contributed by atoms with E-state index in [9.17, 15) is 4.79 Å². The Kier molecular flexibility index (Phi) is 26.8. The van der Waals surface area contributed by atoms with E-state index in [2.05, 4.69) is 4.74 Å². The third-order valence-electron chi connectivity index (χ3n) is 0.825. The monoisotopic (exact) mass is 330 g/mol. The van der Waals surface area contributed by atoms with Crippen LogP contribution in [0.3, 0.4) is 0 Å². The van der Waals surface area contributed by atoms with Gasteiger partial charge in [0.05, 0.1) is 6.61 Å². The molecule has 22 heavy (non-hydrogen) atoms. The van der Waals surface area contributed by atoms with Gasteiger partial charge in [-0.25, -0.2) is 4.79 Å². The van der Waals surface area contributed by atoms with Gasteiger partial charge in [-0.3, -0.25) is 14.4 Å². The number of aliphatic hydroxyl groups excluding tert-OH is 3. The number of hydrogen-bond donors (Lipinski definition) is 6. The highest BCUT2D eigenvalue weighted by Gasteiger charge is 2.02. The first-order valence-electron chi connectivity index (χ1n) is 5.54. The van der Waals surface area contributed by atoms with E-state index < -0.39 is 36.6 Å². The van der Waals surface area contributed by atoms with Crippen molar-refractivity contribution in [1.29, 1.82) is 0 Å². The quantitative estimate of drug-likeness (QED) is 0.316. The zero-order valence-electron chi connectivity index (χ0n) is 12.4. The molecule has 0 saturated carbocycles. The Bertz CT molecular complexity index is 293. The second kappa shape index (κ2) is 21.1. The summed E-state index contributed by atoms with van der Waals surface area (Å²) in [4.78, 5) is 37.2. The Morgan fingerprint density at radius 3 is 1.32 bits per heavy atom. The van der Waals surface area contributed by atoms with E-state index in [1.807, 2.05) is 0 Å². The van der Waals surface area contributed by atoms with Gasteiger partial charge in [0, 0.05) is 20.8 Å². The molecule has 6 N–H and O–H groups in total. The fourth-order valence-electron chi connectivity index (χ4n) is 0.266. The highest BCUT2D eigenvalue weighted by molar-refractivity contribution is 5.67. The second-order valence-electron chi connectivity index (χ2n) is 3.23. The maximum atomic E-state index is 10.0. The third-order valence-corrected chi connectivity index (χ3v) is 0.825. The van der Waals surface area contributed by atoms with Gasteiger partial charge in [-0.1, -0.05) is 0 Å². The summed E-state index contributed by atoms with van der Waals surface area (Å²) in [7, 11) is 0. The molecule has 0 aliphatic heterocycles.